The lowest BCUT2D eigenvalue weighted by Crippen LogP contribution is -2.07. The third kappa shape index (κ3) is 4.87. The van der Waals surface area contributed by atoms with Crippen molar-refractivity contribution in [3.8, 4) is 17.1 Å². The van der Waals surface area contributed by atoms with Crippen molar-refractivity contribution in [2.24, 2.45) is 0 Å². The van der Waals surface area contributed by atoms with Gasteiger partial charge in [0.25, 0.3) is 0 Å². The van der Waals surface area contributed by atoms with Crippen molar-refractivity contribution < 1.29 is 9.53 Å². The Bertz CT molecular complexity index is 833. The van der Waals surface area contributed by atoms with E-state index in [1.807, 2.05) is 42.6 Å². The zero-order chi connectivity index (χ0) is 17.5. The highest BCUT2D eigenvalue weighted by Crippen LogP contribution is 2.27. The van der Waals surface area contributed by atoms with Gasteiger partial charge in [0.15, 0.2) is 5.13 Å². The number of carbonyl (C=O) groups excluding carboxylic acids is 1. The first-order valence-electron chi connectivity index (χ1n) is 8.19. The molecule has 0 aliphatic rings. The number of rotatable bonds is 7. The van der Waals surface area contributed by atoms with Crippen LogP contribution in [0.15, 0.2) is 54.0 Å². The van der Waals surface area contributed by atoms with Crippen LogP contribution in [-0.4, -0.2) is 15.9 Å². The molecule has 2 aromatic heterocycles. The summed E-state index contributed by atoms with van der Waals surface area (Å²) in [5, 5.41) is 5.96. The van der Waals surface area contributed by atoms with E-state index in [0.717, 1.165) is 35.0 Å². The topological polar surface area (TPSA) is 64.1 Å². The highest BCUT2D eigenvalue weighted by atomic mass is 32.1. The standard InChI is InChI=1S/C19H19N3O2S/c1-2-3-10-18(23)24-15-8-6-7-14(12-15)21-19-22-17(13-25-19)16-9-4-5-11-20-16/h4-9,11-13H,2-3,10H2,1H3,(H,21,22). The number of pyridine rings is 1. The van der Waals surface area contributed by atoms with E-state index in [4.69, 9.17) is 4.74 Å². The molecule has 128 valence electrons. The normalized spacial score (nSPS) is 10.4. The quantitative estimate of drug-likeness (QED) is 0.476. The van der Waals surface area contributed by atoms with Gasteiger partial charge in [-0.3, -0.25) is 9.78 Å². The van der Waals surface area contributed by atoms with Crippen molar-refractivity contribution in [1.29, 1.82) is 0 Å². The molecule has 0 saturated carbocycles. The Morgan fingerprint density at radius 1 is 1.20 bits per heavy atom. The summed E-state index contributed by atoms with van der Waals surface area (Å²) in [5.74, 6) is 0.332. The maximum Gasteiger partial charge on any atom is 0.311 e. The second-order valence-corrected chi connectivity index (χ2v) is 6.34. The van der Waals surface area contributed by atoms with Crippen LogP contribution in [0.25, 0.3) is 11.4 Å². The van der Waals surface area contributed by atoms with Gasteiger partial charge in [0.1, 0.15) is 11.4 Å². The van der Waals surface area contributed by atoms with Gasteiger partial charge < -0.3 is 10.1 Å². The van der Waals surface area contributed by atoms with Crippen LogP contribution in [0.3, 0.4) is 0 Å². The monoisotopic (exact) mass is 353 g/mol. The fraction of sp³-hybridized carbons (Fsp3) is 0.211. The fourth-order valence-corrected chi connectivity index (χ4v) is 2.95. The first kappa shape index (κ1) is 17.1. The summed E-state index contributed by atoms with van der Waals surface area (Å²) in [6.07, 6.45) is 4.00. The lowest BCUT2D eigenvalue weighted by molar-refractivity contribution is -0.134. The Balaban J connectivity index is 1.66. The summed E-state index contributed by atoms with van der Waals surface area (Å²) >= 11 is 1.50. The molecule has 0 radical (unpaired) electrons. The largest absolute Gasteiger partial charge is 0.426 e. The van der Waals surface area contributed by atoms with E-state index in [9.17, 15) is 4.79 Å². The first-order chi connectivity index (χ1) is 12.2. The molecule has 0 bridgehead atoms. The molecule has 1 aromatic carbocycles. The molecule has 0 saturated heterocycles. The van der Waals surface area contributed by atoms with Crippen molar-refractivity contribution in [3.63, 3.8) is 0 Å². The molecule has 5 nitrogen and oxygen atoms in total. The molecule has 0 atom stereocenters. The van der Waals surface area contributed by atoms with E-state index in [1.165, 1.54) is 11.3 Å². The summed E-state index contributed by atoms with van der Waals surface area (Å²) in [6.45, 7) is 2.05. The maximum atomic E-state index is 11.7. The average molecular weight is 353 g/mol. The van der Waals surface area contributed by atoms with E-state index in [0.29, 0.717) is 12.2 Å². The van der Waals surface area contributed by atoms with Crippen LogP contribution < -0.4 is 10.1 Å². The van der Waals surface area contributed by atoms with Gasteiger partial charge in [-0.2, -0.15) is 0 Å². The molecule has 0 amide bonds. The number of hydrogen-bond donors (Lipinski definition) is 1. The Morgan fingerprint density at radius 3 is 2.92 bits per heavy atom. The first-order valence-corrected chi connectivity index (χ1v) is 9.07. The van der Waals surface area contributed by atoms with E-state index in [1.54, 1.807) is 18.3 Å². The van der Waals surface area contributed by atoms with Crippen LogP contribution >= 0.6 is 11.3 Å². The Morgan fingerprint density at radius 2 is 2.12 bits per heavy atom. The molecule has 0 fully saturated rings. The lowest BCUT2D eigenvalue weighted by Gasteiger charge is -2.07. The van der Waals surface area contributed by atoms with E-state index in [2.05, 4.69) is 15.3 Å². The van der Waals surface area contributed by atoms with E-state index < -0.39 is 0 Å². The van der Waals surface area contributed by atoms with Gasteiger partial charge in [-0.15, -0.1) is 11.3 Å². The summed E-state index contributed by atoms with van der Waals surface area (Å²) in [7, 11) is 0. The molecule has 25 heavy (non-hydrogen) atoms. The number of aromatic nitrogens is 2. The predicted octanol–water partition coefficient (Wildman–Crippen LogP) is 5.04. The zero-order valence-electron chi connectivity index (χ0n) is 13.9. The van der Waals surface area contributed by atoms with Gasteiger partial charge in [-0.25, -0.2) is 4.98 Å². The molecule has 0 spiro atoms. The molecule has 2 heterocycles. The van der Waals surface area contributed by atoms with Crippen LogP contribution in [0, 0.1) is 0 Å². The minimum absolute atomic E-state index is 0.203. The average Bonchev–Trinajstić information content (AvgIpc) is 3.09. The number of carbonyl (C=O) groups is 1. The molecular weight excluding hydrogens is 334 g/mol. The van der Waals surface area contributed by atoms with Crippen molar-refractivity contribution >= 4 is 28.1 Å². The second kappa shape index (κ2) is 8.39. The maximum absolute atomic E-state index is 11.7. The number of benzene rings is 1. The van der Waals surface area contributed by atoms with E-state index >= 15 is 0 Å². The van der Waals surface area contributed by atoms with Gasteiger partial charge in [0.2, 0.25) is 0 Å². The van der Waals surface area contributed by atoms with Gasteiger partial charge in [-0.1, -0.05) is 25.5 Å². The van der Waals surface area contributed by atoms with E-state index in [-0.39, 0.29) is 5.97 Å². The minimum Gasteiger partial charge on any atom is -0.426 e. The zero-order valence-corrected chi connectivity index (χ0v) is 14.8. The molecule has 6 heteroatoms. The summed E-state index contributed by atoms with van der Waals surface area (Å²) in [4.78, 5) is 20.6. The number of hydrogen-bond acceptors (Lipinski definition) is 6. The third-order valence-electron chi connectivity index (χ3n) is 3.48. The Hall–Kier alpha value is -2.73. The molecule has 3 rings (SSSR count). The molecule has 1 N–H and O–H groups in total. The van der Waals surface area contributed by atoms with Gasteiger partial charge in [0, 0.05) is 29.8 Å². The number of esters is 1. The van der Waals surface area contributed by atoms with Gasteiger partial charge >= 0.3 is 5.97 Å². The number of unbranched alkanes of at least 4 members (excludes halogenated alkanes) is 1. The highest BCUT2D eigenvalue weighted by molar-refractivity contribution is 7.14. The number of thiazole rings is 1. The Labute approximate surface area is 150 Å². The Kier molecular flexibility index (Phi) is 5.74. The SMILES string of the molecule is CCCCC(=O)Oc1cccc(Nc2nc(-c3ccccn3)cs2)c1. The summed E-state index contributed by atoms with van der Waals surface area (Å²) < 4.78 is 5.36. The molecule has 3 aromatic rings. The van der Waals surface area contributed by atoms with Crippen LogP contribution in [-0.2, 0) is 4.79 Å². The van der Waals surface area contributed by atoms with Crippen LogP contribution in [0.5, 0.6) is 5.75 Å². The van der Waals surface area contributed by atoms with Gasteiger partial charge in [0.05, 0.1) is 5.69 Å². The second-order valence-electron chi connectivity index (χ2n) is 5.48. The minimum atomic E-state index is -0.203. The number of nitrogens with one attached hydrogen (secondary N) is 1. The van der Waals surface area contributed by atoms with Crippen molar-refractivity contribution in [2.75, 3.05) is 5.32 Å². The molecule has 0 aliphatic heterocycles. The number of anilines is 2. The highest BCUT2D eigenvalue weighted by Gasteiger charge is 2.08. The molecule has 0 aliphatic carbocycles. The van der Waals surface area contributed by atoms with Crippen molar-refractivity contribution in [1.82, 2.24) is 9.97 Å². The summed E-state index contributed by atoms with van der Waals surface area (Å²) in [6, 6.07) is 13.1. The van der Waals surface area contributed by atoms with Crippen LogP contribution in [0.2, 0.25) is 0 Å². The lowest BCUT2D eigenvalue weighted by atomic mass is 10.2. The van der Waals surface area contributed by atoms with Crippen molar-refractivity contribution in [3.05, 3.63) is 54.0 Å². The smallest absolute Gasteiger partial charge is 0.311 e. The van der Waals surface area contributed by atoms with Crippen LogP contribution in [0.1, 0.15) is 26.2 Å². The molecule has 0 unspecified atom stereocenters. The summed E-state index contributed by atoms with van der Waals surface area (Å²) in [5.41, 5.74) is 2.49. The third-order valence-corrected chi connectivity index (χ3v) is 4.24. The van der Waals surface area contributed by atoms with Gasteiger partial charge in [-0.05, 0) is 30.7 Å². The fourth-order valence-electron chi connectivity index (χ4n) is 2.23. The van der Waals surface area contributed by atoms with Crippen LogP contribution in [0.4, 0.5) is 10.8 Å². The number of ether oxygens (including phenoxy) is 1. The molecular formula is C19H19N3O2S. The number of nitrogens with zero attached hydrogens (tertiary/aromatic N) is 2. The van der Waals surface area contributed by atoms with Crippen molar-refractivity contribution in [2.45, 2.75) is 26.2 Å². The predicted molar refractivity (Wildman–Crippen MR) is 100 cm³/mol.